The van der Waals surface area contributed by atoms with E-state index in [0.29, 0.717) is 0 Å². The van der Waals surface area contributed by atoms with E-state index in [-0.39, 0.29) is 75.4 Å². The average molecular weight is 972 g/mol. The molecule has 0 aliphatic carbocycles. The van der Waals surface area contributed by atoms with Crippen LogP contribution in [0.2, 0.25) is 0 Å². The van der Waals surface area contributed by atoms with Crippen LogP contribution in [0.5, 0.6) is 0 Å². The van der Waals surface area contributed by atoms with E-state index in [0.717, 1.165) is 13.8 Å². The molecule has 0 bridgehead atoms. The highest BCUT2D eigenvalue weighted by Crippen LogP contribution is 2.10. The predicted molar refractivity (Wildman–Crippen MR) is 246 cm³/mol. The van der Waals surface area contributed by atoms with Crippen LogP contribution in [0.4, 0.5) is 0 Å². The first-order chi connectivity index (χ1) is 31.6. The predicted octanol–water partition coefficient (Wildman–Crippen LogP) is -6.56. The lowest BCUT2D eigenvalue weighted by atomic mass is 10.0. The Balaban J connectivity index is 6.07. The van der Waals surface area contributed by atoms with Gasteiger partial charge in [-0.3, -0.25) is 57.9 Å². The van der Waals surface area contributed by atoms with E-state index >= 15 is 0 Å². The summed E-state index contributed by atoms with van der Waals surface area (Å²) in [5, 5.41) is 49.0. The number of carbonyl (C=O) groups excluding carboxylic acids is 9. The van der Waals surface area contributed by atoms with Gasteiger partial charge >= 0.3 is 5.97 Å². The quantitative estimate of drug-likeness (QED) is 0.0169. The number of aliphatic imine (C=N–C) groups is 2. The average Bonchev–Trinajstić information content (AvgIpc) is 3.21. The van der Waals surface area contributed by atoms with E-state index in [1.54, 1.807) is 27.7 Å². The molecule has 9 amide bonds. The first-order valence-corrected chi connectivity index (χ1v) is 21.9. The van der Waals surface area contributed by atoms with E-state index in [2.05, 4.69) is 52.5 Å². The molecule has 21 N–H and O–H groups in total. The van der Waals surface area contributed by atoms with E-state index in [9.17, 15) is 63.3 Å². The third kappa shape index (κ3) is 25.2. The number of primary amides is 1. The number of nitrogens with one attached hydrogen (secondary N) is 8. The molecule has 0 heterocycles. The van der Waals surface area contributed by atoms with E-state index in [4.69, 9.17) is 28.7 Å². The van der Waals surface area contributed by atoms with E-state index < -0.39 is 127 Å². The summed E-state index contributed by atoms with van der Waals surface area (Å²) >= 11 is 0. The fraction of sp³-hybridized carbons (Fsp3) is 0.700. The minimum Gasteiger partial charge on any atom is -0.481 e. The summed E-state index contributed by atoms with van der Waals surface area (Å²) in [5.74, 6) is -10.8. The molecule has 0 aromatic carbocycles. The number of nitrogens with zero attached hydrogens (tertiary/aromatic N) is 2. The van der Waals surface area contributed by atoms with Crippen molar-refractivity contribution in [3.8, 4) is 0 Å². The van der Waals surface area contributed by atoms with Crippen molar-refractivity contribution in [2.75, 3.05) is 19.7 Å². The molecular weight excluding hydrogens is 899 g/mol. The van der Waals surface area contributed by atoms with Crippen molar-refractivity contribution in [2.24, 2.45) is 50.5 Å². The molecule has 68 heavy (non-hydrogen) atoms. The summed E-state index contributed by atoms with van der Waals surface area (Å²) in [5.41, 5.74) is 26.7. The number of carboxylic acid groups (broad SMARTS) is 1. The van der Waals surface area contributed by atoms with Gasteiger partial charge in [0.25, 0.3) is 0 Å². The highest BCUT2D eigenvalue weighted by atomic mass is 16.4. The summed E-state index contributed by atoms with van der Waals surface area (Å²) in [6, 6.07) is -11.8. The van der Waals surface area contributed by atoms with Crippen molar-refractivity contribution >= 4 is 71.1 Å². The molecule has 0 spiro atoms. The molecule has 28 nitrogen and oxygen atoms in total. The first-order valence-electron chi connectivity index (χ1n) is 21.9. The number of aliphatic hydroxyl groups excluding tert-OH is 2. The summed E-state index contributed by atoms with van der Waals surface area (Å²) in [6.07, 6.45) is -2.08. The van der Waals surface area contributed by atoms with Crippen molar-refractivity contribution in [2.45, 2.75) is 148 Å². The second-order valence-corrected chi connectivity index (χ2v) is 16.9. The number of hydrogen-bond acceptors (Lipinski definition) is 14. The molecule has 28 heteroatoms. The van der Waals surface area contributed by atoms with Crippen LogP contribution in [0.3, 0.4) is 0 Å². The van der Waals surface area contributed by atoms with Gasteiger partial charge in [-0.25, -0.2) is 0 Å². The fourth-order valence-corrected chi connectivity index (χ4v) is 6.20. The third-order valence-electron chi connectivity index (χ3n) is 9.57. The van der Waals surface area contributed by atoms with Gasteiger partial charge in [-0.05, 0) is 64.2 Å². The molecule has 0 aromatic rings. The smallest absolute Gasteiger partial charge is 0.305 e. The van der Waals surface area contributed by atoms with Crippen molar-refractivity contribution in [1.82, 2.24) is 42.5 Å². The number of amides is 9. The topological polar surface area (TPSA) is 482 Å². The lowest BCUT2D eigenvalue weighted by Crippen LogP contribution is -2.61. The van der Waals surface area contributed by atoms with Crippen LogP contribution >= 0.6 is 0 Å². The summed E-state index contributed by atoms with van der Waals surface area (Å²) in [7, 11) is 0. The molecule has 0 rings (SSSR count). The molecular formula is C40H73N15O13. The first kappa shape index (κ1) is 61.2. The van der Waals surface area contributed by atoms with Crippen LogP contribution in [0, 0.1) is 11.8 Å². The number of carboxylic acids is 1. The Kier molecular flexibility index (Phi) is 28.1. The van der Waals surface area contributed by atoms with Gasteiger partial charge < -0.3 is 86.5 Å². The standard InChI is InChI=1S/C40H73N15O13/c1-18(2)14-25(51-36(66)27(16-29(59)60)53-38(68)30(21(6)57)55-33(63)24(49-22(7)58)11-9-13-47-40(44)45)34(64)48-20(5)32(62)54-28(17-56)37(67)52-26(15-19(3)4)35(65)50-23(31(41)61)10-8-12-46-39(42)43/h18-21,23-28,30,56-57H,8-17H2,1-7H3,(H2,41,61)(H,48,64)(H,49,58)(H,50,65)(H,51,66)(H,52,67)(H,53,68)(H,54,62)(H,55,63)(H,59,60)(H4,42,43,46)(H4,44,45,47)/t20-,21-,23+,24+,25+,26+,27+,28+,30+/m1/s1. The van der Waals surface area contributed by atoms with Crippen molar-refractivity contribution < 1.29 is 63.3 Å². The van der Waals surface area contributed by atoms with Gasteiger partial charge in [0.05, 0.1) is 19.1 Å². The zero-order valence-electron chi connectivity index (χ0n) is 39.6. The molecule has 0 saturated carbocycles. The normalized spacial score (nSPS) is 14.9. The summed E-state index contributed by atoms with van der Waals surface area (Å²) in [4.78, 5) is 137. The largest absolute Gasteiger partial charge is 0.481 e. The number of aliphatic hydroxyl groups is 2. The highest BCUT2D eigenvalue weighted by molar-refractivity contribution is 5.98. The van der Waals surface area contributed by atoms with Gasteiger partial charge in [0.1, 0.15) is 48.3 Å². The van der Waals surface area contributed by atoms with Crippen LogP contribution in [-0.4, -0.2) is 161 Å². The zero-order valence-corrected chi connectivity index (χ0v) is 39.6. The SMILES string of the molecule is CC(=O)N[C@@H](CCCN=C(N)N)C(=O)N[C@H](C(=O)N[C@@H](CC(=O)O)C(=O)N[C@@H](CC(C)C)C(=O)N[C@H](C)C(=O)N[C@@H](CO)C(=O)N[C@@H](CC(C)C)C(=O)N[C@@H](CCCN=C(N)N)C(N)=O)[C@@H](C)O. The van der Waals surface area contributed by atoms with Crippen LogP contribution in [-0.2, 0) is 47.9 Å². The van der Waals surface area contributed by atoms with Gasteiger partial charge in [0.2, 0.25) is 53.2 Å². The summed E-state index contributed by atoms with van der Waals surface area (Å²) in [6.45, 7) is 9.67. The molecule has 0 aliphatic rings. The minimum absolute atomic E-state index is 0.00308. The van der Waals surface area contributed by atoms with Crippen molar-refractivity contribution in [1.29, 1.82) is 0 Å². The van der Waals surface area contributed by atoms with Crippen LogP contribution in [0.25, 0.3) is 0 Å². The van der Waals surface area contributed by atoms with E-state index in [1.807, 2.05) is 0 Å². The maximum absolute atomic E-state index is 13.6. The van der Waals surface area contributed by atoms with Gasteiger partial charge in [-0.1, -0.05) is 27.7 Å². The van der Waals surface area contributed by atoms with Gasteiger partial charge in [-0.2, -0.15) is 0 Å². The monoisotopic (exact) mass is 972 g/mol. The molecule has 9 atom stereocenters. The second kappa shape index (κ2) is 31.2. The Morgan fingerprint density at radius 2 is 0.897 bits per heavy atom. The molecule has 0 saturated heterocycles. The van der Waals surface area contributed by atoms with Crippen molar-refractivity contribution in [3.05, 3.63) is 0 Å². The Bertz CT molecular complexity index is 1800. The number of aliphatic carboxylic acids is 1. The third-order valence-corrected chi connectivity index (χ3v) is 9.57. The Labute approximate surface area is 394 Å². The van der Waals surface area contributed by atoms with Gasteiger partial charge in [0.15, 0.2) is 11.9 Å². The minimum atomic E-state index is -1.88. The molecule has 0 unspecified atom stereocenters. The molecule has 0 radical (unpaired) electrons. The number of nitrogens with two attached hydrogens (primary N) is 5. The Hall–Kier alpha value is -6.84. The molecule has 386 valence electrons. The van der Waals surface area contributed by atoms with Gasteiger partial charge in [-0.15, -0.1) is 0 Å². The molecule has 0 aromatic heterocycles. The number of hydrogen-bond donors (Lipinski definition) is 16. The van der Waals surface area contributed by atoms with Crippen LogP contribution < -0.4 is 71.2 Å². The molecule has 0 fully saturated rings. The van der Waals surface area contributed by atoms with Crippen LogP contribution in [0.15, 0.2) is 9.98 Å². The Morgan fingerprint density at radius 1 is 0.500 bits per heavy atom. The van der Waals surface area contributed by atoms with Crippen LogP contribution in [0.1, 0.15) is 93.4 Å². The highest BCUT2D eigenvalue weighted by Gasteiger charge is 2.36. The lowest BCUT2D eigenvalue weighted by molar-refractivity contribution is -0.142. The number of carbonyl (C=O) groups is 10. The second-order valence-electron chi connectivity index (χ2n) is 16.9. The Morgan fingerprint density at radius 3 is 1.31 bits per heavy atom. The molecule has 0 aliphatic heterocycles. The fourth-order valence-electron chi connectivity index (χ4n) is 6.20. The lowest BCUT2D eigenvalue weighted by Gasteiger charge is -2.28. The van der Waals surface area contributed by atoms with Gasteiger partial charge in [0, 0.05) is 20.0 Å². The maximum Gasteiger partial charge on any atom is 0.305 e. The zero-order chi connectivity index (χ0) is 52.4. The van der Waals surface area contributed by atoms with E-state index in [1.165, 1.54) is 6.92 Å². The maximum atomic E-state index is 13.6. The van der Waals surface area contributed by atoms with Crippen molar-refractivity contribution in [3.63, 3.8) is 0 Å². The number of guanidine groups is 2. The number of rotatable bonds is 32. The summed E-state index contributed by atoms with van der Waals surface area (Å²) < 4.78 is 0.